The van der Waals surface area contributed by atoms with Crippen molar-refractivity contribution in [2.45, 2.75) is 12.4 Å². The fraction of sp³-hybridized carbons (Fsp3) is 0.125. The highest BCUT2D eigenvalue weighted by atomic mass is 19.4. The van der Waals surface area contributed by atoms with Gasteiger partial charge in [0.25, 0.3) is 0 Å². The fourth-order valence-electron chi connectivity index (χ4n) is 2.52. The van der Waals surface area contributed by atoms with Crippen molar-refractivity contribution in [1.29, 1.82) is 0 Å². The number of alkyl halides is 6. The molecule has 0 radical (unpaired) electrons. The third-order valence-corrected chi connectivity index (χ3v) is 3.97. The van der Waals surface area contributed by atoms with Crippen molar-refractivity contribution in [2.75, 3.05) is 5.73 Å². The smallest absolute Gasteiger partial charge is 0.396 e. The summed E-state index contributed by atoms with van der Waals surface area (Å²) in [7, 11) is 0. The molecular weight excluding hydrogens is 479 g/mol. The topological polar surface area (TPSA) is 127 Å². The third-order valence-electron chi connectivity index (χ3n) is 3.97. The molecule has 2 aromatic carbocycles. The first-order valence-corrected chi connectivity index (χ1v) is 8.20. The minimum absolute atomic E-state index is 0.0128. The summed E-state index contributed by atoms with van der Waals surface area (Å²) in [4.78, 5) is 18.8. The highest BCUT2D eigenvalue weighted by molar-refractivity contribution is 5.80. The molecule has 0 saturated carbocycles. The van der Waals surface area contributed by atoms with E-state index < -0.39 is 63.1 Å². The van der Waals surface area contributed by atoms with E-state index in [0.29, 0.717) is 6.07 Å². The Morgan fingerprint density at radius 2 is 1.39 bits per heavy atom. The molecular formula is C16H7F9N6O2. The summed E-state index contributed by atoms with van der Waals surface area (Å²) in [6.07, 6.45) is -9.47. The molecule has 0 saturated heterocycles. The van der Waals surface area contributed by atoms with Crippen molar-refractivity contribution in [1.82, 2.24) is 19.9 Å². The Balaban J connectivity index is 0.000000189. The number of hydrogen-bond acceptors (Lipinski definition) is 5. The number of fused-ring (bicyclic) bond motifs is 2. The summed E-state index contributed by atoms with van der Waals surface area (Å²) in [5.41, 5.74) is 2.10. The van der Waals surface area contributed by atoms with Crippen LogP contribution in [0, 0.1) is 27.6 Å². The zero-order chi connectivity index (χ0) is 24.9. The Bertz CT molecular complexity index is 1330. The van der Waals surface area contributed by atoms with Gasteiger partial charge in [0.05, 0.1) is 27.2 Å². The van der Waals surface area contributed by atoms with Crippen molar-refractivity contribution in [3.8, 4) is 0 Å². The largest absolute Gasteiger partial charge is 0.449 e. The number of nitrogen functional groups attached to an aromatic ring is 1. The maximum atomic E-state index is 13.3. The number of nitrogens with zero attached hydrogens (tertiary/aromatic N) is 3. The number of nitrogens with one attached hydrogen (secondary N) is 2. The van der Waals surface area contributed by atoms with Gasteiger partial charge in [0.1, 0.15) is 11.3 Å². The fourth-order valence-corrected chi connectivity index (χ4v) is 2.52. The van der Waals surface area contributed by atoms with Crippen LogP contribution in [-0.2, 0) is 12.4 Å². The van der Waals surface area contributed by atoms with Gasteiger partial charge < -0.3 is 15.7 Å². The summed E-state index contributed by atoms with van der Waals surface area (Å²) in [5.74, 6) is -7.16. The number of nitro groups is 1. The Morgan fingerprint density at radius 1 is 0.848 bits per heavy atom. The SMILES string of the molecule is Nc1cc2nc(C(F)(F)F)[nH]c2cc1F.O=[N+]([O-])c1cc2[nH]c(C(F)(F)F)nc2c(F)c1F. The van der Waals surface area contributed by atoms with Crippen LogP contribution in [-0.4, -0.2) is 24.9 Å². The number of nitrogens with two attached hydrogens (primary N) is 1. The molecule has 4 rings (SSSR count). The van der Waals surface area contributed by atoms with Crippen LogP contribution in [0.4, 0.5) is 50.9 Å². The van der Waals surface area contributed by atoms with E-state index in [1.165, 1.54) is 0 Å². The van der Waals surface area contributed by atoms with Crippen LogP contribution in [0.25, 0.3) is 22.1 Å². The normalized spacial score (nSPS) is 12.2. The molecule has 0 amide bonds. The highest BCUT2D eigenvalue weighted by Crippen LogP contribution is 2.32. The molecule has 33 heavy (non-hydrogen) atoms. The number of halogens is 9. The van der Waals surface area contributed by atoms with Crippen LogP contribution in [0.1, 0.15) is 11.6 Å². The minimum atomic E-state index is -4.89. The Hall–Kier alpha value is -4.05. The second-order valence-electron chi connectivity index (χ2n) is 6.23. The van der Waals surface area contributed by atoms with Crippen LogP contribution in [0.3, 0.4) is 0 Å². The lowest BCUT2D eigenvalue weighted by Gasteiger charge is -1.98. The number of nitro benzene ring substituents is 1. The molecule has 0 aliphatic heterocycles. The first-order valence-electron chi connectivity index (χ1n) is 8.20. The maximum Gasteiger partial charge on any atom is 0.449 e. The lowest BCUT2D eigenvalue weighted by molar-refractivity contribution is -0.387. The van der Waals surface area contributed by atoms with Gasteiger partial charge in [-0.05, 0) is 6.07 Å². The van der Waals surface area contributed by atoms with Crippen LogP contribution in [0.5, 0.6) is 0 Å². The Labute approximate surface area is 174 Å². The summed E-state index contributed by atoms with van der Waals surface area (Å²) >= 11 is 0. The van der Waals surface area contributed by atoms with E-state index >= 15 is 0 Å². The number of rotatable bonds is 1. The molecule has 0 spiro atoms. The number of aromatic amines is 2. The van der Waals surface area contributed by atoms with E-state index in [0.717, 1.165) is 12.1 Å². The van der Waals surface area contributed by atoms with Gasteiger partial charge in [-0.2, -0.15) is 30.7 Å². The van der Waals surface area contributed by atoms with E-state index in [4.69, 9.17) is 5.73 Å². The number of H-pyrrole nitrogens is 2. The second-order valence-corrected chi connectivity index (χ2v) is 6.23. The first-order chi connectivity index (χ1) is 15.1. The van der Waals surface area contributed by atoms with Gasteiger partial charge in [-0.3, -0.25) is 10.1 Å². The molecule has 0 aliphatic rings. The summed E-state index contributed by atoms with van der Waals surface area (Å²) < 4.78 is 113. The van der Waals surface area contributed by atoms with Crippen LogP contribution < -0.4 is 5.73 Å². The van der Waals surface area contributed by atoms with Crippen molar-refractivity contribution in [3.05, 3.63) is 57.4 Å². The Kier molecular flexibility index (Phi) is 5.59. The van der Waals surface area contributed by atoms with Gasteiger partial charge in [0.2, 0.25) is 17.5 Å². The zero-order valence-corrected chi connectivity index (χ0v) is 15.4. The average molecular weight is 486 g/mol. The second kappa shape index (κ2) is 7.82. The van der Waals surface area contributed by atoms with Gasteiger partial charge in [-0.15, -0.1) is 0 Å². The van der Waals surface area contributed by atoms with Crippen LogP contribution in [0.2, 0.25) is 0 Å². The van der Waals surface area contributed by atoms with Gasteiger partial charge in [-0.25, -0.2) is 18.7 Å². The molecule has 0 bridgehead atoms. The summed E-state index contributed by atoms with van der Waals surface area (Å²) in [5, 5.41) is 10.4. The standard InChI is InChI=1S/C8H2F5N3O2.C8H5F4N3/c9-4-3(16(17)18)1-2-6(5(4)10)15-7(14-2)8(11,12)13;9-3-1-5-6(2-4(3)13)15-7(14-5)8(10,11)12/h1H,(H,14,15);1-2H,13H2,(H,14,15). The molecule has 4 N–H and O–H groups in total. The first kappa shape index (κ1) is 23.6. The zero-order valence-electron chi connectivity index (χ0n) is 15.4. The predicted octanol–water partition coefficient (Wildman–Crippen LogP) is 5.07. The van der Waals surface area contributed by atoms with E-state index in [9.17, 15) is 49.6 Å². The van der Waals surface area contributed by atoms with Gasteiger partial charge in [0, 0.05) is 12.1 Å². The molecule has 4 aromatic rings. The molecule has 17 heteroatoms. The summed E-state index contributed by atoms with van der Waals surface area (Å²) in [6, 6.07) is 2.39. The van der Waals surface area contributed by atoms with Crippen molar-refractivity contribution in [2.24, 2.45) is 0 Å². The number of benzene rings is 2. The molecule has 8 nitrogen and oxygen atoms in total. The molecule has 176 valence electrons. The lowest BCUT2D eigenvalue weighted by atomic mass is 10.2. The minimum Gasteiger partial charge on any atom is -0.396 e. The van der Waals surface area contributed by atoms with Crippen LogP contribution in [0.15, 0.2) is 18.2 Å². The van der Waals surface area contributed by atoms with Crippen molar-refractivity contribution in [3.63, 3.8) is 0 Å². The van der Waals surface area contributed by atoms with E-state index in [2.05, 4.69) is 9.97 Å². The number of hydrogen-bond donors (Lipinski definition) is 3. The third kappa shape index (κ3) is 4.60. The van der Waals surface area contributed by atoms with E-state index in [1.54, 1.807) is 4.98 Å². The molecule has 0 aliphatic carbocycles. The number of aromatic nitrogens is 4. The molecule has 2 aromatic heterocycles. The number of anilines is 1. The average Bonchev–Trinajstić information content (AvgIpc) is 3.29. The monoisotopic (exact) mass is 486 g/mol. The van der Waals surface area contributed by atoms with Gasteiger partial charge >= 0.3 is 18.0 Å². The maximum absolute atomic E-state index is 13.3. The predicted molar refractivity (Wildman–Crippen MR) is 93.1 cm³/mol. The van der Waals surface area contributed by atoms with Gasteiger partial charge in [0.15, 0.2) is 5.82 Å². The Morgan fingerprint density at radius 3 is 1.94 bits per heavy atom. The molecule has 0 unspecified atom stereocenters. The lowest BCUT2D eigenvalue weighted by Crippen LogP contribution is -2.06. The molecule has 2 heterocycles. The van der Waals surface area contributed by atoms with Crippen LogP contribution >= 0.6 is 0 Å². The molecule has 0 fully saturated rings. The van der Waals surface area contributed by atoms with Crippen molar-refractivity contribution >= 4 is 33.4 Å². The van der Waals surface area contributed by atoms with Crippen molar-refractivity contribution < 1.29 is 44.4 Å². The highest BCUT2D eigenvalue weighted by Gasteiger charge is 2.36. The van der Waals surface area contributed by atoms with E-state index in [1.807, 2.05) is 4.98 Å². The quantitative estimate of drug-likeness (QED) is 0.150. The number of imidazole rings is 2. The summed E-state index contributed by atoms with van der Waals surface area (Å²) in [6.45, 7) is 0. The molecule has 0 atom stereocenters. The van der Waals surface area contributed by atoms with Gasteiger partial charge in [-0.1, -0.05) is 0 Å². The van der Waals surface area contributed by atoms with E-state index in [-0.39, 0.29) is 16.7 Å².